The van der Waals surface area contributed by atoms with Crippen LogP contribution in [0.3, 0.4) is 0 Å². The Hall–Kier alpha value is -0.360. The molecule has 4 fully saturated rings. The van der Waals surface area contributed by atoms with E-state index in [4.69, 9.17) is 33.2 Å². The fourth-order valence-corrected chi connectivity index (χ4v) is 4.36. The highest BCUT2D eigenvalue weighted by Crippen LogP contribution is 2.37. The highest BCUT2D eigenvalue weighted by Gasteiger charge is 2.52. The first kappa shape index (κ1) is 19.9. The average molecular weight is 390 g/mol. The van der Waals surface area contributed by atoms with Crippen LogP contribution in [0.15, 0.2) is 0 Å². The van der Waals surface area contributed by atoms with Crippen molar-refractivity contribution in [2.24, 2.45) is 11.8 Å². The van der Waals surface area contributed by atoms with Gasteiger partial charge in [-0.3, -0.25) is 0 Å². The molecular formula is C18H30O9. The minimum absolute atomic E-state index is 0.173. The van der Waals surface area contributed by atoms with Crippen molar-refractivity contribution in [1.29, 1.82) is 0 Å². The monoisotopic (exact) mass is 390 g/mol. The van der Waals surface area contributed by atoms with Crippen molar-refractivity contribution >= 4 is 0 Å². The average Bonchev–Trinajstić information content (AvgIpc) is 2.64. The van der Waals surface area contributed by atoms with Crippen LogP contribution >= 0.6 is 0 Å². The van der Waals surface area contributed by atoms with E-state index in [0.29, 0.717) is 13.2 Å². The molecule has 4 saturated heterocycles. The molecule has 9 heteroatoms. The summed E-state index contributed by atoms with van der Waals surface area (Å²) in [6.07, 6.45) is -5.59. The summed E-state index contributed by atoms with van der Waals surface area (Å²) in [5, 5.41) is 21.1. The summed E-state index contributed by atoms with van der Waals surface area (Å²) in [6.45, 7) is 8.20. The van der Waals surface area contributed by atoms with E-state index < -0.39 is 24.8 Å². The van der Waals surface area contributed by atoms with Crippen LogP contribution in [0.25, 0.3) is 0 Å². The highest BCUT2D eigenvalue weighted by molar-refractivity contribution is 4.93. The van der Waals surface area contributed by atoms with Crippen LogP contribution in [0.2, 0.25) is 0 Å². The summed E-state index contributed by atoms with van der Waals surface area (Å²) in [7, 11) is 0. The molecule has 0 amide bonds. The minimum Gasteiger partial charge on any atom is -0.387 e. The number of fused-ring (bicyclic) bond motifs is 2. The molecule has 0 aromatic carbocycles. The van der Waals surface area contributed by atoms with E-state index in [1.54, 1.807) is 0 Å². The fourth-order valence-electron chi connectivity index (χ4n) is 4.36. The van der Waals surface area contributed by atoms with Gasteiger partial charge in [0.25, 0.3) is 0 Å². The summed E-state index contributed by atoms with van der Waals surface area (Å²) in [6, 6.07) is 0. The molecule has 4 aliphatic heterocycles. The molecule has 27 heavy (non-hydrogen) atoms. The van der Waals surface area contributed by atoms with Gasteiger partial charge in [0.05, 0.1) is 25.4 Å². The third-order valence-electron chi connectivity index (χ3n) is 5.99. The third kappa shape index (κ3) is 3.77. The first-order chi connectivity index (χ1) is 12.8. The molecule has 0 spiro atoms. The number of hydrogen-bond acceptors (Lipinski definition) is 9. The zero-order valence-corrected chi connectivity index (χ0v) is 16.1. The van der Waals surface area contributed by atoms with Crippen LogP contribution in [-0.2, 0) is 33.2 Å². The lowest BCUT2D eigenvalue weighted by atomic mass is 9.88. The quantitative estimate of drug-likeness (QED) is 0.672. The number of ether oxygens (including phenoxy) is 7. The van der Waals surface area contributed by atoms with Crippen LogP contribution < -0.4 is 0 Å². The van der Waals surface area contributed by atoms with Crippen LogP contribution in [0.1, 0.15) is 27.7 Å². The molecule has 4 aliphatic rings. The van der Waals surface area contributed by atoms with Gasteiger partial charge in [-0.1, -0.05) is 13.8 Å². The van der Waals surface area contributed by atoms with Crippen molar-refractivity contribution in [2.75, 3.05) is 13.2 Å². The molecule has 9 nitrogen and oxygen atoms in total. The lowest BCUT2D eigenvalue weighted by Gasteiger charge is -2.50. The molecule has 0 aromatic rings. The maximum atomic E-state index is 10.7. The minimum atomic E-state index is -1.16. The lowest BCUT2D eigenvalue weighted by molar-refractivity contribution is -0.388. The van der Waals surface area contributed by atoms with E-state index in [0.717, 1.165) is 0 Å². The van der Waals surface area contributed by atoms with Gasteiger partial charge in [0.15, 0.2) is 25.2 Å². The van der Waals surface area contributed by atoms with Gasteiger partial charge in [-0.2, -0.15) is 0 Å². The molecule has 156 valence electrons. The summed E-state index contributed by atoms with van der Waals surface area (Å²) in [5.74, 6) is -0.378. The van der Waals surface area contributed by atoms with Crippen LogP contribution in [0, 0.1) is 11.8 Å². The lowest BCUT2D eigenvalue weighted by Crippen LogP contribution is -2.63. The Labute approximate surface area is 158 Å². The van der Waals surface area contributed by atoms with Gasteiger partial charge in [-0.15, -0.1) is 0 Å². The summed E-state index contributed by atoms with van der Waals surface area (Å²) < 4.78 is 40.1. The van der Waals surface area contributed by atoms with Crippen LogP contribution in [-0.4, -0.2) is 85.2 Å². The molecule has 0 saturated carbocycles. The highest BCUT2D eigenvalue weighted by atomic mass is 16.8. The maximum Gasteiger partial charge on any atom is 0.184 e. The van der Waals surface area contributed by atoms with Gasteiger partial charge >= 0.3 is 0 Å². The molecule has 0 aromatic heterocycles. The molecule has 4 heterocycles. The van der Waals surface area contributed by atoms with E-state index >= 15 is 0 Å². The van der Waals surface area contributed by atoms with E-state index in [9.17, 15) is 10.2 Å². The Morgan fingerprint density at radius 1 is 0.741 bits per heavy atom. The Bertz CT molecular complexity index is 517. The van der Waals surface area contributed by atoms with Gasteiger partial charge in [-0.25, -0.2) is 0 Å². The van der Waals surface area contributed by atoms with E-state index in [-0.39, 0.29) is 48.8 Å². The second kappa shape index (κ2) is 7.81. The summed E-state index contributed by atoms with van der Waals surface area (Å²) in [5.41, 5.74) is 0. The second-order valence-electron chi connectivity index (χ2n) is 7.92. The standard InChI is InChI=1S/C18H30O9/c1-7-13(19)18(26-12-6-22-9(3)23-14(7)12)27-16-8(2)15-11(25-17(16)20)5-21-10(4)24-15/h7-20H,5-6H2,1-4H3/t7-,8+,9?,10?,11?,12?,13?,14+,15+,16?,17?,18+/m1/s1. The molecular weight excluding hydrogens is 360 g/mol. The second-order valence-corrected chi connectivity index (χ2v) is 7.92. The van der Waals surface area contributed by atoms with E-state index in [1.165, 1.54) is 0 Å². The molecule has 2 N–H and O–H groups in total. The molecule has 0 radical (unpaired) electrons. The number of aliphatic hydroxyl groups is 2. The smallest absolute Gasteiger partial charge is 0.184 e. The first-order valence-corrected chi connectivity index (χ1v) is 9.71. The van der Waals surface area contributed by atoms with E-state index in [1.807, 2.05) is 27.7 Å². The van der Waals surface area contributed by atoms with Crippen molar-refractivity contribution in [1.82, 2.24) is 0 Å². The zero-order valence-electron chi connectivity index (χ0n) is 16.1. The maximum absolute atomic E-state index is 10.7. The van der Waals surface area contributed by atoms with Gasteiger partial charge in [0.2, 0.25) is 0 Å². The first-order valence-electron chi connectivity index (χ1n) is 9.71. The van der Waals surface area contributed by atoms with E-state index in [2.05, 4.69) is 0 Å². The Balaban J connectivity index is 1.44. The van der Waals surface area contributed by atoms with Gasteiger partial charge in [0.1, 0.15) is 24.4 Å². The van der Waals surface area contributed by atoms with Crippen LogP contribution in [0.4, 0.5) is 0 Å². The van der Waals surface area contributed by atoms with Crippen molar-refractivity contribution in [3.8, 4) is 0 Å². The predicted molar refractivity (Wildman–Crippen MR) is 89.3 cm³/mol. The largest absolute Gasteiger partial charge is 0.387 e. The molecule has 7 unspecified atom stereocenters. The molecule has 0 bridgehead atoms. The third-order valence-corrected chi connectivity index (χ3v) is 5.99. The van der Waals surface area contributed by atoms with Crippen molar-refractivity contribution in [2.45, 2.75) is 89.5 Å². The number of aliphatic hydroxyl groups excluding tert-OH is 2. The Morgan fingerprint density at radius 2 is 1.30 bits per heavy atom. The molecule has 12 atom stereocenters. The van der Waals surface area contributed by atoms with Gasteiger partial charge in [0, 0.05) is 11.8 Å². The SMILES string of the molecule is CC1OCC2OC(O)C(O[C@@H]3OC4COC(C)O[C@H]4[C@H](C)C3O)[C@@H](C)[C@@H]2O1. The predicted octanol–water partition coefficient (Wildman–Crippen LogP) is -0.0304. The zero-order chi connectivity index (χ0) is 19.3. The normalized spacial score (nSPS) is 56.2. The fraction of sp³-hybridized carbons (Fsp3) is 1.00. The summed E-state index contributed by atoms with van der Waals surface area (Å²) >= 11 is 0. The van der Waals surface area contributed by atoms with Gasteiger partial charge in [-0.05, 0) is 13.8 Å². The van der Waals surface area contributed by atoms with Crippen molar-refractivity contribution in [3.63, 3.8) is 0 Å². The van der Waals surface area contributed by atoms with Crippen LogP contribution in [0.5, 0.6) is 0 Å². The molecule has 4 rings (SSSR count). The number of hydrogen-bond donors (Lipinski definition) is 2. The van der Waals surface area contributed by atoms with Crippen molar-refractivity contribution < 1.29 is 43.4 Å². The van der Waals surface area contributed by atoms with Crippen molar-refractivity contribution in [3.05, 3.63) is 0 Å². The molecule has 0 aliphatic carbocycles. The number of rotatable bonds is 2. The Morgan fingerprint density at radius 3 is 1.93 bits per heavy atom. The summed E-state index contributed by atoms with van der Waals surface area (Å²) in [4.78, 5) is 0. The topological polar surface area (TPSA) is 105 Å². The van der Waals surface area contributed by atoms with Gasteiger partial charge < -0.3 is 43.4 Å². The Kier molecular flexibility index (Phi) is 5.77.